The van der Waals surface area contributed by atoms with Gasteiger partial charge in [-0.15, -0.1) is 0 Å². The van der Waals surface area contributed by atoms with Gasteiger partial charge in [0.05, 0.1) is 12.5 Å². The Bertz CT molecular complexity index is 403. The molecule has 17 heavy (non-hydrogen) atoms. The second-order valence-electron chi connectivity index (χ2n) is 3.33. The Morgan fingerprint density at radius 1 is 1.59 bits per heavy atom. The number of carbonyl (C=O) groups is 1. The van der Waals surface area contributed by atoms with Gasteiger partial charge in [-0.3, -0.25) is 9.78 Å². The first kappa shape index (κ1) is 13.0. The molecule has 0 spiro atoms. The molecular formula is C11H11F2N3O. The number of alkyl halides is 2. The highest BCUT2D eigenvalue weighted by Crippen LogP contribution is 2.08. The second kappa shape index (κ2) is 6.53. The third-order valence-electron chi connectivity index (χ3n) is 2.09. The highest BCUT2D eigenvalue weighted by atomic mass is 19.3. The maximum atomic E-state index is 12.3. The van der Waals surface area contributed by atoms with Crippen molar-refractivity contribution in [1.82, 2.24) is 9.88 Å². The van der Waals surface area contributed by atoms with Crippen LogP contribution in [0.3, 0.4) is 0 Å². The minimum absolute atomic E-state index is 0.00539. The number of carbonyl (C=O) groups excluding carboxylic acids is 1. The van der Waals surface area contributed by atoms with Crippen molar-refractivity contribution in [3.05, 3.63) is 30.1 Å². The van der Waals surface area contributed by atoms with E-state index in [2.05, 4.69) is 4.98 Å². The van der Waals surface area contributed by atoms with Gasteiger partial charge in [-0.05, 0) is 11.6 Å². The zero-order valence-corrected chi connectivity index (χ0v) is 9.01. The molecule has 0 N–H and O–H groups in total. The maximum Gasteiger partial charge on any atom is 0.315 e. The van der Waals surface area contributed by atoms with Gasteiger partial charge in [0.15, 0.2) is 0 Å². The van der Waals surface area contributed by atoms with Crippen LogP contribution in [-0.2, 0) is 11.3 Å². The number of halogens is 2. The van der Waals surface area contributed by atoms with E-state index in [0.717, 1.165) is 4.90 Å². The summed E-state index contributed by atoms with van der Waals surface area (Å²) in [5.41, 5.74) is 0.652. The quantitative estimate of drug-likeness (QED) is 0.784. The number of hydrogen-bond donors (Lipinski definition) is 0. The third kappa shape index (κ3) is 4.15. The molecule has 0 radical (unpaired) electrons. The Morgan fingerprint density at radius 3 is 2.88 bits per heavy atom. The van der Waals surface area contributed by atoms with E-state index in [1.165, 1.54) is 6.20 Å². The average Bonchev–Trinajstić information content (AvgIpc) is 2.34. The van der Waals surface area contributed by atoms with Gasteiger partial charge in [0.1, 0.15) is 0 Å². The number of nitrogens with zero attached hydrogens (tertiary/aromatic N) is 3. The van der Waals surface area contributed by atoms with Crippen LogP contribution >= 0.6 is 0 Å². The molecule has 0 aromatic carbocycles. The molecule has 0 atom stereocenters. The summed E-state index contributed by atoms with van der Waals surface area (Å²) in [6, 6.07) is 5.17. The first-order valence-electron chi connectivity index (χ1n) is 4.98. The average molecular weight is 239 g/mol. The summed E-state index contributed by atoms with van der Waals surface area (Å²) < 4.78 is 24.6. The Hall–Kier alpha value is -2.03. The number of hydrogen-bond acceptors (Lipinski definition) is 3. The van der Waals surface area contributed by atoms with Crippen molar-refractivity contribution in [3.8, 4) is 6.07 Å². The molecule has 1 rings (SSSR count). The largest absolute Gasteiger partial charge is 0.332 e. The van der Waals surface area contributed by atoms with Crippen molar-refractivity contribution in [1.29, 1.82) is 5.26 Å². The third-order valence-corrected chi connectivity index (χ3v) is 2.09. The molecule has 1 aromatic rings. The monoisotopic (exact) mass is 239 g/mol. The van der Waals surface area contributed by atoms with E-state index in [4.69, 9.17) is 5.26 Å². The second-order valence-corrected chi connectivity index (χ2v) is 3.33. The van der Waals surface area contributed by atoms with Gasteiger partial charge < -0.3 is 4.90 Å². The van der Waals surface area contributed by atoms with Crippen LogP contribution in [0.2, 0.25) is 0 Å². The molecule has 6 heteroatoms. The molecule has 1 amide bonds. The van der Waals surface area contributed by atoms with Gasteiger partial charge in [-0.25, -0.2) is 0 Å². The van der Waals surface area contributed by atoms with E-state index in [9.17, 15) is 13.6 Å². The standard InChI is InChI=1S/C11H11F2N3O/c12-10(13)11(17)16(6-2-4-14)8-9-3-1-5-15-7-9/h1,3,5,7,10H,2,6,8H2. The maximum absolute atomic E-state index is 12.3. The molecule has 0 aliphatic heterocycles. The van der Waals surface area contributed by atoms with Crippen LogP contribution in [0.1, 0.15) is 12.0 Å². The van der Waals surface area contributed by atoms with Gasteiger partial charge in [0.25, 0.3) is 5.91 Å². The zero-order valence-electron chi connectivity index (χ0n) is 9.01. The van der Waals surface area contributed by atoms with Crippen molar-refractivity contribution in [2.75, 3.05) is 6.54 Å². The van der Waals surface area contributed by atoms with Gasteiger partial charge in [-0.1, -0.05) is 6.07 Å². The van der Waals surface area contributed by atoms with E-state index >= 15 is 0 Å². The summed E-state index contributed by atoms with van der Waals surface area (Å²) in [5.74, 6) is -1.26. The summed E-state index contributed by atoms with van der Waals surface area (Å²) in [4.78, 5) is 16.0. The molecule has 0 fully saturated rings. The SMILES string of the molecule is N#CCCN(Cc1cccnc1)C(=O)C(F)F. The van der Waals surface area contributed by atoms with Gasteiger partial charge in [-0.2, -0.15) is 14.0 Å². The minimum Gasteiger partial charge on any atom is -0.332 e. The predicted octanol–water partition coefficient (Wildman–Crippen LogP) is 1.59. The molecule has 0 saturated carbocycles. The highest BCUT2D eigenvalue weighted by molar-refractivity contribution is 5.79. The Balaban J connectivity index is 2.70. The molecule has 0 bridgehead atoms. The lowest BCUT2D eigenvalue weighted by atomic mass is 10.2. The number of aromatic nitrogens is 1. The first-order chi connectivity index (χ1) is 8.15. The van der Waals surface area contributed by atoms with E-state index in [1.54, 1.807) is 18.3 Å². The highest BCUT2D eigenvalue weighted by Gasteiger charge is 2.22. The molecule has 1 heterocycles. The fourth-order valence-corrected chi connectivity index (χ4v) is 1.30. The molecule has 0 aliphatic rings. The number of rotatable bonds is 5. The Kier molecular flexibility index (Phi) is 5.01. The summed E-state index contributed by atoms with van der Waals surface area (Å²) >= 11 is 0. The van der Waals surface area contributed by atoms with Crippen LogP contribution in [0.25, 0.3) is 0 Å². The summed E-state index contributed by atoms with van der Waals surface area (Å²) in [6.45, 7) is 0.0350. The van der Waals surface area contributed by atoms with Gasteiger partial charge in [0.2, 0.25) is 0 Å². The van der Waals surface area contributed by atoms with Crippen LogP contribution in [0, 0.1) is 11.3 Å². The van der Waals surface area contributed by atoms with Crippen molar-refractivity contribution in [2.45, 2.75) is 19.4 Å². The van der Waals surface area contributed by atoms with Crippen LogP contribution in [0.15, 0.2) is 24.5 Å². The normalized spacial score (nSPS) is 10.0. The molecule has 0 saturated heterocycles. The van der Waals surface area contributed by atoms with Crippen molar-refractivity contribution in [2.24, 2.45) is 0 Å². The lowest BCUT2D eigenvalue weighted by Crippen LogP contribution is -2.35. The number of nitriles is 1. The van der Waals surface area contributed by atoms with Crippen molar-refractivity contribution < 1.29 is 13.6 Å². The fraction of sp³-hybridized carbons (Fsp3) is 0.364. The smallest absolute Gasteiger partial charge is 0.315 e. The summed E-state index contributed by atoms with van der Waals surface area (Å²) in [7, 11) is 0. The topological polar surface area (TPSA) is 57.0 Å². The first-order valence-corrected chi connectivity index (χ1v) is 4.98. The Morgan fingerprint density at radius 2 is 2.35 bits per heavy atom. The van der Waals surface area contributed by atoms with Crippen LogP contribution < -0.4 is 0 Å². The van der Waals surface area contributed by atoms with E-state index in [0.29, 0.717) is 5.56 Å². The molecule has 4 nitrogen and oxygen atoms in total. The molecule has 0 aliphatic carbocycles. The van der Waals surface area contributed by atoms with Gasteiger partial charge in [0, 0.05) is 25.5 Å². The zero-order chi connectivity index (χ0) is 12.7. The van der Waals surface area contributed by atoms with Crippen molar-refractivity contribution >= 4 is 5.91 Å². The number of pyridine rings is 1. The fourth-order valence-electron chi connectivity index (χ4n) is 1.30. The van der Waals surface area contributed by atoms with E-state index in [-0.39, 0.29) is 19.5 Å². The van der Waals surface area contributed by atoms with Gasteiger partial charge >= 0.3 is 6.43 Å². The van der Waals surface area contributed by atoms with Crippen LogP contribution in [0.5, 0.6) is 0 Å². The summed E-state index contributed by atoms with van der Waals surface area (Å²) in [6.07, 6.45) is 0.0277. The summed E-state index contributed by atoms with van der Waals surface area (Å²) in [5, 5.41) is 8.41. The number of amides is 1. The Labute approximate surface area is 97.5 Å². The molecular weight excluding hydrogens is 228 g/mol. The lowest BCUT2D eigenvalue weighted by molar-refractivity contribution is -0.143. The predicted molar refractivity (Wildman–Crippen MR) is 55.9 cm³/mol. The van der Waals surface area contributed by atoms with E-state index < -0.39 is 12.3 Å². The molecule has 0 unspecified atom stereocenters. The molecule has 1 aromatic heterocycles. The molecule has 90 valence electrons. The van der Waals surface area contributed by atoms with Crippen LogP contribution in [0.4, 0.5) is 8.78 Å². The van der Waals surface area contributed by atoms with Crippen LogP contribution in [-0.4, -0.2) is 28.8 Å². The minimum atomic E-state index is -3.05. The van der Waals surface area contributed by atoms with Crippen molar-refractivity contribution in [3.63, 3.8) is 0 Å². The lowest BCUT2D eigenvalue weighted by Gasteiger charge is -2.20. The van der Waals surface area contributed by atoms with E-state index in [1.807, 2.05) is 6.07 Å².